The van der Waals surface area contributed by atoms with Crippen molar-refractivity contribution < 1.29 is 0 Å². The second-order valence-electron chi connectivity index (χ2n) is 7.12. The van der Waals surface area contributed by atoms with Gasteiger partial charge in [-0.05, 0) is 67.5 Å². The van der Waals surface area contributed by atoms with Gasteiger partial charge in [0.1, 0.15) is 11.5 Å². The Morgan fingerprint density at radius 1 is 1.15 bits per heavy atom. The molecule has 0 amide bonds. The van der Waals surface area contributed by atoms with Gasteiger partial charge in [-0.1, -0.05) is 12.8 Å². The monoisotopic (exact) mass is 343 g/mol. The van der Waals surface area contributed by atoms with Gasteiger partial charge in [-0.25, -0.2) is 9.97 Å². The Hall–Kier alpha value is -2.93. The van der Waals surface area contributed by atoms with Gasteiger partial charge in [0.05, 0.1) is 10.9 Å². The lowest BCUT2D eigenvalue weighted by Gasteiger charge is -2.10. The van der Waals surface area contributed by atoms with Crippen LogP contribution in [0.4, 0.5) is 0 Å². The zero-order valence-electron chi connectivity index (χ0n) is 15.1. The zero-order chi connectivity index (χ0) is 18.1. The first kappa shape index (κ1) is 16.5. The smallest absolute Gasteiger partial charge is 0.261 e. The number of fused-ring (bicyclic) bond motifs is 2. The van der Waals surface area contributed by atoms with Gasteiger partial charge in [0.2, 0.25) is 0 Å². The van der Waals surface area contributed by atoms with E-state index in [2.05, 4.69) is 23.7 Å². The predicted molar refractivity (Wildman–Crippen MR) is 103 cm³/mol. The van der Waals surface area contributed by atoms with Crippen LogP contribution in [-0.2, 0) is 13.0 Å². The van der Waals surface area contributed by atoms with Crippen LogP contribution in [-0.4, -0.2) is 14.5 Å². The van der Waals surface area contributed by atoms with Gasteiger partial charge >= 0.3 is 0 Å². The third kappa shape index (κ3) is 3.25. The first-order chi connectivity index (χ1) is 12.6. The fourth-order valence-corrected chi connectivity index (χ4v) is 3.38. The average molecular weight is 343 g/mol. The van der Waals surface area contributed by atoms with Crippen molar-refractivity contribution in [3.8, 4) is 11.8 Å². The Balaban J connectivity index is 1.75. The zero-order valence-corrected chi connectivity index (χ0v) is 15.1. The number of nitrogens with zero attached hydrogens (tertiary/aromatic N) is 3. The van der Waals surface area contributed by atoms with E-state index in [9.17, 15) is 4.79 Å². The topological polar surface area (TPSA) is 47.8 Å². The van der Waals surface area contributed by atoms with E-state index in [1.54, 1.807) is 6.20 Å². The molecule has 0 N–H and O–H groups in total. The normalized spacial score (nSPS) is 16.5. The molecule has 1 unspecified atom stereocenters. The van der Waals surface area contributed by atoms with Crippen LogP contribution in [0.2, 0.25) is 0 Å². The van der Waals surface area contributed by atoms with Crippen LogP contribution in [0.15, 0.2) is 41.3 Å². The highest BCUT2D eigenvalue weighted by Crippen LogP contribution is 2.19. The van der Waals surface area contributed by atoms with Crippen molar-refractivity contribution in [1.82, 2.24) is 14.5 Å². The Morgan fingerprint density at radius 3 is 2.88 bits per heavy atom. The van der Waals surface area contributed by atoms with Crippen LogP contribution in [0.3, 0.4) is 0 Å². The number of pyridine rings is 1. The van der Waals surface area contributed by atoms with E-state index in [4.69, 9.17) is 4.98 Å². The molecule has 1 aliphatic heterocycles. The Morgan fingerprint density at radius 2 is 2.04 bits per heavy atom. The molecule has 2 aromatic heterocycles. The summed E-state index contributed by atoms with van der Waals surface area (Å²) in [6, 6.07) is 9.56. The maximum absolute atomic E-state index is 12.8. The van der Waals surface area contributed by atoms with E-state index in [0.29, 0.717) is 11.3 Å². The SMILES string of the molecule is Cc1ccnc(C#Cc2ccc3c(=O)n4c(nc3c2)CCC(C)CC4)c1. The average Bonchev–Trinajstić information content (AvgIpc) is 2.82. The summed E-state index contributed by atoms with van der Waals surface area (Å²) in [4.78, 5) is 21.9. The maximum atomic E-state index is 12.8. The molecule has 26 heavy (non-hydrogen) atoms. The molecule has 1 atom stereocenters. The fourth-order valence-electron chi connectivity index (χ4n) is 3.38. The van der Waals surface area contributed by atoms with Crippen molar-refractivity contribution in [1.29, 1.82) is 0 Å². The minimum atomic E-state index is 0.0685. The molecule has 0 radical (unpaired) electrons. The highest BCUT2D eigenvalue weighted by Gasteiger charge is 2.16. The van der Waals surface area contributed by atoms with Crippen LogP contribution >= 0.6 is 0 Å². The number of aryl methyl sites for hydroxylation is 2. The van der Waals surface area contributed by atoms with Crippen LogP contribution in [0.5, 0.6) is 0 Å². The van der Waals surface area contributed by atoms with Crippen LogP contribution < -0.4 is 5.56 Å². The van der Waals surface area contributed by atoms with E-state index in [1.165, 1.54) is 0 Å². The quantitative estimate of drug-likeness (QED) is 0.587. The summed E-state index contributed by atoms with van der Waals surface area (Å²) in [6.07, 6.45) is 4.73. The third-order valence-corrected chi connectivity index (χ3v) is 4.99. The minimum Gasteiger partial charge on any atom is -0.296 e. The molecule has 0 spiro atoms. The molecule has 4 heteroatoms. The third-order valence-electron chi connectivity index (χ3n) is 4.99. The summed E-state index contributed by atoms with van der Waals surface area (Å²) in [5.41, 5.74) is 3.53. The molecule has 0 bridgehead atoms. The molecule has 130 valence electrons. The van der Waals surface area contributed by atoms with Crippen LogP contribution in [0, 0.1) is 24.7 Å². The molecular weight excluding hydrogens is 322 g/mol. The van der Waals surface area contributed by atoms with Gasteiger partial charge in [-0.3, -0.25) is 9.36 Å². The first-order valence-electron chi connectivity index (χ1n) is 9.08. The van der Waals surface area contributed by atoms with Crippen molar-refractivity contribution in [2.75, 3.05) is 0 Å². The summed E-state index contributed by atoms with van der Waals surface area (Å²) >= 11 is 0. The molecule has 0 fully saturated rings. The lowest BCUT2D eigenvalue weighted by molar-refractivity contribution is 0.484. The van der Waals surface area contributed by atoms with Crippen LogP contribution in [0.25, 0.3) is 10.9 Å². The minimum absolute atomic E-state index is 0.0685. The van der Waals surface area contributed by atoms with E-state index >= 15 is 0 Å². The van der Waals surface area contributed by atoms with E-state index in [1.807, 2.05) is 41.8 Å². The number of hydrogen-bond donors (Lipinski definition) is 0. The van der Waals surface area contributed by atoms with Crippen molar-refractivity contribution in [3.05, 3.63) is 69.5 Å². The molecule has 3 aromatic rings. The van der Waals surface area contributed by atoms with Gasteiger partial charge < -0.3 is 0 Å². The van der Waals surface area contributed by atoms with Gasteiger partial charge in [-0.2, -0.15) is 0 Å². The van der Waals surface area contributed by atoms with E-state index in [-0.39, 0.29) is 5.56 Å². The lowest BCUT2D eigenvalue weighted by Crippen LogP contribution is -2.24. The number of aromatic nitrogens is 3. The predicted octanol–water partition coefficient (Wildman–Crippen LogP) is 3.47. The summed E-state index contributed by atoms with van der Waals surface area (Å²) in [5.74, 6) is 7.75. The maximum Gasteiger partial charge on any atom is 0.261 e. The number of benzene rings is 1. The molecule has 1 aromatic carbocycles. The standard InChI is InChI=1S/C22H21N3O/c1-15-3-8-21-24-20-14-17(4-6-18-13-16(2)9-11-23-18)5-7-19(20)22(26)25(21)12-10-15/h5,7,9,11,13-15H,3,8,10,12H2,1-2H3. The number of rotatable bonds is 0. The largest absolute Gasteiger partial charge is 0.296 e. The summed E-state index contributed by atoms with van der Waals surface area (Å²) in [7, 11) is 0. The summed E-state index contributed by atoms with van der Waals surface area (Å²) in [5, 5.41) is 0.669. The van der Waals surface area contributed by atoms with Crippen LogP contribution in [0.1, 0.15) is 42.4 Å². The lowest BCUT2D eigenvalue weighted by atomic mass is 10.0. The number of hydrogen-bond acceptors (Lipinski definition) is 3. The molecule has 4 nitrogen and oxygen atoms in total. The second-order valence-corrected chi connectivity index (χ2v) is 7.12. The van der Waals surface area contributed by atoms with Gasteiger partial charge in [0.15, 0.2) is 0 Å². The van der Waals surface area contributed by atoms with Gasteiger partial charge in [-0.15, -0.1) is 0 Å². The highest BCUT2D eigenvalue weighted by molar-refractivity contribution is 5.79. The van der Waals surface area contributed by atoms with E-state index in [0.717, 1.165) is 54.0 Å². The summed E-state index contributed by atoms with van der Waals surface area (Å²) < 4.78 is 1.86. The summed E-state index contributed by atoms with van der Waals surface area (Å²) in [6.45, 7) is 5.02. The molecule has 0 saturated carbocycles. The Kier molecular flexibility index (Phi) is 4.30. The van der Waals surface area contributed by atoms with Crippen molar-refractivity contribution in [2.45, 2.75) is 39.7 Å². The van der Waals surface area contributed by atoms with Gasteiger partial charge in [0.25, 0.3) is 5.56 Å². The Labute approximate surface area is 152 Å². The van der Waals surface area contributed by atoms with Gasteiger partial charge in [0, 0.05) is 24.7 Å². The second kappa shape index (κ2) is 6.76. The molecule has 1 aliphatic rings. The van der Waals surface area contributed by atoms with Crippen molar-refractivity contribution >= 4 is 10.9 Å². The first-order valence-corrected chi connectivity index (χ1v) is 9.08. The molecule has 3 heterocycles. The molecule has 4 rings (SSSR count). The highest BCUT2D eigenvalue weighted by atomic mass is 16.1. The Bertz CT molecular complexity index is 1100. The van der Waals surface area contributed by atoms with Crippen molar-refractivity contribution in [3.63, 3.8) is 0 Å². The van der Waals surface area contributed by atoms with E-state index < -0.39 is 0 Å². The fraction of sp³-hybridized carbons (Fsp3) is 0.318. The molecular formula is C22H21N3O. The van der Waals surface area contributed by atoms with Crippen molar-refractivity contribution in [2.24, 2.45) is 5.92 Å². The molecule has 0 saturated heterocycles. The molecule has 0 aliphatic carbocycles.